The second kappa shape index (κ2) is 11.6. The molecule has 0 spiro atoms. The SMILES string of the molecule is c1ccc(-c2ccc3c4cc(-c5ccc6c(c5)c5ccc7ccccc7c5n6-c5ccccc5)ccc4n(-c4cccc5c4oc4ccccc45)c3c2)cc1. The zero-order chi connectivity index (χ0) is 36.0. The molecule has 3 heterocycles. The predicted octanol–water partition coefficient (Wildman–Crippen LogP) is 14.3. The minimum Gasteiger partial charge on any atom is -0.454 e. The van der Waals surface area contributed by atoms with Crippen LogP contribution in [0.25, 0.3) is 110 Å². The smallest absolute Gasteiger partial charge is 0.159 e. The van der Waals surface area contributed by atoms with Gasteiger partial charge in [-0.05, 0) is 82.2 Å². The molecule has 12 aromatic rings. The highest BCUT2D eigenvalue weighted by Gasteiger charge is 2.20. The summed E-state index contributed by atoms with van der Waals surface area (Å²) >= 11 is 0. The number of furan rings is 1. The van der Waals surface area contributed by atoms with Crippen molar-refractivity contribution in [2.45, 2.75) is 0 Å². The van der Waals surface area contributed by atoms with Gasteiger partial charge in [-0.1, -0.05) is 140 Å². The monoisotopic (exact) mass is 700 g/mol. The zero-order valence-electron chi connectivity index (χ0n) is 29.8. The van der Waals surface area contributed by atoms with E-state index in [0.717, 1.165) is 44.3 Å². The number of hydrogen-bond donors (Lipinski definition) is 0. The van der Waals surface area contributed by atoms with Crippen LogP contribution in [0, 0.1) is 0 Å². The molecule has 0 aliphatic rings. The van der Waals surface area contributed by atoms with Gasteiger partial charge in [0.25, 0.3) is 0 Å². The first kappa shape index (κ1) is 30.1. The Morgan fingerprint density at radius 1 is 0.327 bits per heavy atom. The molecule has 0 aliphatic heterocycles. The topological polar surface area (TPSA) is 23.0 Å². The third-order valence-corrected chi connectivity index (χ3v) is 11.5. The van der Waals surface area contributed by atoms with Gasteiger partial charge < -0.3 is 13.6 Å². The maximum Gasteiger partial charge on any atom is 0.159 e. The Labute approximate surface area is 316 Å². The Morgan fingerprint density at radius 2 is 0.945 bits per heavy atom. The van der Waals surface area contributed by atoms with Crippen LogP contribution in [0.1, 0.15) is 0 Å². The highest BCUT2D eigenvalue weighted by Crippen LogP contribution is 2.42. The van der Waals surface area contributed by atoms with E-state index in [4.69, 9.17) is 4.42 Å². The largest absolute Gasteiger partial charge is 0.454 e. The highest BCUT2D eigenvalue weighted by atomic mass is 16.3. The molecule has 3 aromatic heterocycles. The van der Waals surface area contributed by atoms with Gasteiger partial charge >= 0.3 is 0 Å². The average Bonchev–Trinajstić information content (AvgIpc) is 3.91. The van der Waals surface area contributed by atoms with Crippen molar-refractivity contribution in [3.8, 4) is 33.6 Å². The van der Waals surface area contributed by atoms with Crippen molar-refractivity contribution in [1.82, 2.24) is 9.13 Å². The molecular weight excluding hydrogens is 669 g/mol. The first-order chi connectivity index (χ1) is 27.3. The molecule has 0 unspecified atom stereocenters. The number of fused-ring (bicyclic) bond motifs is 11. The fourth-order valence-electron chi connectivity index (χ4n) is 8.98. The normalized spacial score (nSPS) is 12.0. The van der Waals surface area contributed by atoms with Crippen LogP contribution < -0.4 is 0 Å². The van der Waals surface area contributed by atoms with Crippen molar-refractivity contribution in [3.63, 3.8) is 0 Å². The summed E-state index contributed by atoms with van der Waals surface area (Å²) in [5.41, 5.74) is 13.5. The van der Waals surface area contributed by atoms with Crippen molar-refractivity contribution in [1.29, 1.82) is 0 Å². The van der Waals surface area contributed by atoms with E-state index >= 15 is 0 Å². The molecule has 0 bridgehead atoms. The summed E-state index contributed by atoms with van der Waals surface area (Å²) in [6.07, 6.45) is 0. The van der Waals surface area contributed by atoms with Crippen LogP contribution in [0.4, 0.5) is 0 Å². The van der Waals surface area contributed by atoms with E-state index in [0.29, 0.717) is 0 Å². The summed E-state index contributed by atoms with van der Waals surface area (Å²) in [7, 11) is 0. The molecule has 0 fully saturated rings. The molecule has 3 heteroatoms. The maximum absolute atomic E-state index is 6.63. The van der Waals surface area contributed by atoms with Crippen LogP contribution in [0.3, 0.4) is 0 Å². The number of aromatic nitrogens is 2. The van der Waals surface area contributed by atoms with Crippen molar-refractivity contribution < 1.29 is 4.42 Å². The molecule has 9 aromatic carbocycles. The van der Waals surface area contributed by atoms with Gasteiger partial charge in [0.05, 0.1) is 27.8 Å². The maximum atomic E-state index is 6.63. The van der Waals surface area contributed by atoms with Crippen molar-refractivity contribution >= 4 is 76.3 Å². The molecule has 0 N–H and O–H groups in total. The Bertz CT molecular complexity index is 3470. The fourth-order valence-corrected chi connectivity index (χ4v) is 8.98. The van der Waals surface area contributed by atoms with Gasteiger partial charge in [-0.2, -0.15) is 0 Å². The highest BCUT2D eigenvalue weighted by molar-refractivity contribution is 6.20. The van der Waals surface area contributed by atoms with Gasteiger partial charge in [-0.3, -0.25) is 0 Å². The number of nitrogens with zero attached hydrogens (tertiary/aromatic N) is 2. The summed E-state index contributed by atoms with van der Waals surface area (Å²) in [5.74, 6) is 0. The van der Waals surface area contributed by atoms with Crippen molar-refractivity contribution in [2.75, 3.05) is 0 Å². The lowest BCUT2D eigenvalue weighted by atomic mass is 9.99. The van der Waals surface area contributed by atoms with Crippen LogP contribution in [-0.2, 0) is 0 Å². The third-order valence-electron chi connectivity index (χ3n) is 11.5. The van der Waals surface area contributed by atoms with Crippen LogP contribution in [-0.4, -0.2) is 9.13 Å². The van der Waals surface area contributed by atoms with Gasteiger partial charge in [0.2, 0.25) is 0 Å². The molecule has 0 aliphatic carbocycles. The Hall–Kier alpha value is -7.36. The van der Waals surface area contributed by atoms with E-state index in [2.05, 4.69) is 197 Å². The van der Waals surface area contributed by atoms with E-state index in [1.54, 1.807) is 0 Å². The lowest BCUT2D eigenvalue weighted by Gasteiger charge is -2.10. The van der Waals surface area contributed by atoms with Gasteiger partial charge in [0, 0.05) is 43.4 Å². The van der Waals surface area contributed by atoms with Crippen LogP contribution in [0.5, 0.6) is 0 Å². The minimum atomic E-state index is 0.893. The number of rotatable bonds is 4. The summed E-state index contributed by atoms with van der Waals surface area (Å²) in [6, 6.07) is 70.3. The number of para-hydroxylation sites is 3. The molecule has 55 heavy (non-hydrogen) atoms. The zero-order valence-corrected chi connectivity index (χ0v) is 29.8. The fraction of sp³-hybridized carbons (Fsp3) is 0. The third kappa shape index (κ3) is 4.44. The lowest BCUT2D eigenvalue weighted by molar-refractivity contribution is 0.666. The Kier molecular flexibility index (Phi) is 6.34. The molecule has 0 amide bonds. The second-order valence-corrected chi connectivity index (χ2v) is 14.5. The first-order valence-corrected chi connectivity index (χ1v) is 18.8. The minimum absolute atomic E-state index is 0.893. The summed E-state index contributed by atoms with van der Waals surface area (Å²) in [6.45, 7) is 0. The molecule has 0 saturated heterocycles. The molecule has 3 nitrogen and oxygen atoms in total. The quantitative estimate of drug-likeness (QED) is 0.179. The second-order valence-electron chi connectivity index (χ2n) is 14.5. The average molecular weight is 701 g/mol. The summed E-state index contributed by atoms with van der Waals surface area (Å²) < 4.78 is 11.5. The first-order valence-electron chi connectivity index (χ1n) is 18.8. The Balaban J connectivity index is 1.11. The molecule has 0 radical (unpaired) electrons. The number of benzene rings is 9. The number of hydrogen-bond acceptors (Lipinski definition) is 1. The van der Waals surface area contributed by atoms with E-state index in [9.17, 15) is 0 Å². The molecule has 12 rings (SSSR count). The van der Waals surface area contributed by atoms with E-state index < -0.39 is 0 Å². The van der Waals surface area contributed by atoms with E-state index in [-0.39, 0.29) is 0 Å². The molecule has 0 saturated carbocycles. The van der Waals surface area contributed by atoms with E-state index in [1.807, 2.05) is 6.07 Å². The van der Waals surface area contributed by atoms with Gasteiger partial charge in [-0.15, -0.1) is 0 Å². The van der Waals surface area contributed by atoms with Gasteiger partial charge in [0.15, 0.2) is 5.58 Å². The van der Waals surface area contributed by atoms with Gasteiger partial charge in [0.1, 0.15) is 5.58 Å². The van der Waals surface area contributed by atoms with E-state index in [1.165, 1.54) is 65.6 Å². The van der Waals surface area contributed by atoms with Gasteiger partial charge in [-0.25, -0.2) is 0 Å². The van der Waals surface area contributed by atoms with Crippen LogP contribution in [0.15, 0.2) is 199 Å². The summed E-state index contributed by atoms with van der Waals surface area (Å²) in [5, 5.41) is 9.66. The van der Waals surface area contributed by atoms with Crippen molar-refractivity contribution in [2.24, 2.45) is 0 Å². The van der Waals surface area contributed by atoms with Crippen LogP contribution in [0.2, 0.25) is 0 Å². The van der Waals surface area contributed by atoms with Crippen LogP contribution >= 0.6 is 0 Å². The molecule has 0 atom stereocenters. The standard InChI is InChI=1S/C52H32N2O/c1-3-12-33(13-4-1)37-23-26-40-44-30-35(25-29-47(44)54(49(40)32-37)48-20-11-19-43-41-18-9-10-21-50(41)55-52(43)48)36-24-28-46-45(31-36)42-27-22-34-14-7-8-17-39(34)51(42)53(46)38-15-5-2-6-16-38/h1-32H. The molecular formula is C52H32N2O. The Morgan fingerprint density at radius 3 is 1.76 bits per heavy atom. The summed E-state index contributed by atoms with van der Waals surface area (Å²) in [4.78, 5) is 0. The molecule has 256 valence electrons. The van der Waals surface area contributed by atoms with Crippen molar-refractivity contribution in [3.05, 3.63) is 194 Å². The predicted molar refractivity (Wildman–Crippen MR) is 231 cm³/mol. The lowest BCUT2D eigenvalue weighted by Crippen LogP contribution is -1.95.